The van der Waals surface area contributed by atoms with Crippen LogP contribution in [0, 0.1) is 17.5 Å². The lowest BCUT2D eigenvalue weighted by Crippen LogP contribution is -2.53. The summed E-state index contributed by atoms with van der Waals surface area (Å²) in [5, 5.41) is 46.8. The molecule has 3 aromatic carbocycles. The Morgan fingerprint density at radius 1 is 0.421 bits per heavy atom. The molecule has 12 aliphatic rings. The average molecular weight is 1950 g/mol. The van der Waals surface area contributed by atoms with Gasteiger partial charge in [-0.1, -0.05) is 53.0 Å². The molecule has 0 spiro atoms. The maximum atomic E-state index is 14.0. The molecule has 0 radical (unpaired) electrons. The molecule has 36 nitrogen and oxygen atoms in total. The number of fused-ring (bicyclic) bond motifs is 3. The number of amides is 6. The van der Waals surface area contributed by atoms with Gasteiger partial charge in [-0.15, -0.1) is 34.0 Å². The zero-order valence-electron chi connectivity index (χ0n) is 73.9. The Morgan fingerprint density at radius 3 is 0.962 bits per heavy atom. The minimum absolute atomic E-state index is 0.0542. The quantitative estimate of drug-likeness (QED) is 0.0265. The van der Waals surface area contributed by atoms with Crippen LogP contribution in [-0.4, -0.2) is 373 Å². The van der Waals surface area contributed by atoms with E-state index >= 15 is 0 Å². The number of aromatic nitrogens is 3. The minimum Gasteiger partial charge on any atom is -0.480 e. The highest BCUT2D eigenvalue weighted by molar-refractivity contribution is 7.12. The lowest BCUT2D eigenvalue weighted by atomic mass is 9.95. The minimum atomic E-state index is -0.879. The first-order valence-electron chi connectivity index (χ1n) is 43.6. The summed E-state index contributed by atoms with van der Waals surface area (Å²) in [6.07, 6.45) is 6.17. The monoisotopic (exact) mass is 1950 g/mol. The van der Waals surface area contributed by atoms with Gasteiger partial charge in [0, 0.05) is 232 Å². The molecule has 45 heteroatoms. The summed E-state index contributed by atoms with van der Waals surface area (Å²) in [5.74, 6) is -4.50. The number of thiazole rings is 3. The number of nitrogens with one attached hydrogen (secondary N) is 3. The number of likely N-dealkylation sites (tertiary alicyclic amines) is 3. The van der Waals surface area contributed by atoms with Gasteiger partial charge in [-0.2, -0.15) is 0 Å². The smallest absolute Gasteiger partial charge is 0.338 e. The van der Waals surface area contributed by atoms with E-state index in [0.29, 0.717) is 203 Å². The van der Waals surface area contributed by atoms with Gasteiger partial charge < -0.3 is 74.9 Å². The molecular weight excluding hydrogens is 1850 g/mol. The first-order valence-corrected chi connectivity index (χ1v) is 47.3. The highest BCUT2D eigenvalue weighted by atomic mass is 35.5. The summed E-state index contributed by atoms with van der Waals surface area (Å²) < 4.78 is 57.5. The fraction of sp³-hybridized carbons (Fsp3) is 0.489. The van der Waals surface area contributed by atoms with Crippen molar-refractivity contribution in [1.29, 1.82) is 0 Å². The van der Waals surface area contributed by atoms with Gasteiger partial charge in [0.25, 0.3) is 0 Å². The van der Waals surface area contributed by atoms with Gasteiger partial charge in [0.1, 0.15) is 53.7 Å². The van der Waals surface area contributed by atoms with Crippen molar-refractivity contribution < 1.29 is 85.9 Å². The zero-order chi connectivity index (χ0) is 94.4. The van der Waals surface area contributed by atoms with Crippen LogP contribution >= 0.6 is 68.8 Å². The topological polar surface area (TPSA) is 393 Å². The number of carboxylic acids is 3. The number of urea groups is 3. The number of aliphatic imine (C=N–C) groups is 3. The second-order valence-corrected chi connectivity index (χ2v) is 38.9. The predicted octanol–water partition coefficient (Wildman–Crippen LogP) is 7.66. The Balaban J connectivity index is 0.000000145. The van der Waals surface area contributed by atoms with Crippen LogP contribution in [-0.2, 0) is 43.0 Å². The number of carbonyl (C=O) groups is 9. The number of ether oxygens (including phenoxy) is 3. The van der Waals surface area contributed by atoms with Crippen molar-refractivity contribution in [3.05, 3.63) is 187 Å². The zero-order valence-corrected chi connectivity index (χ0v) is 78.6. The molecule has 3 aromatic heterocycles. The molecule has 12 atom stereocenters. The van der Waals surface area contributed by atoms with E-state index in [9.17, 15) is 71.6 Å². The molecule has 9 fully saturated rings. The number of benzene rings is 3. The molecule has 18 rings (SSSR count). The standard InChI is InChI=1S/2C30H35ClFN7O5S.C28H31ClFN7O5S/c2*1-16(2)38-13-18(11-23(38)28(40)41)39-14-19-12-36(7-8-37(19)30(39)43)15-22-24(29(42)44-3)25(20-5-4-17(32)10-21(20)31)35-26(34-22)27-33-6-9-45-27;1-34-11-16(10-21(34)26(38)39)37-13-17-12-35(6-7-36(17)28(37)41)14-20-22(27(40)42-2)23(18-4-3-15(30)9-19(18)29)33-24(32-20)25-31-5-8-43-25/h2*4-6,9-10,16,18-19,23,25H,7-8,11-15H2,1-3H3,(H,34,35)(H,40,41);3-5,8-9,16-17,21,23H,6-7,10-14H2,1-2H3,(H,32,33)(H,38,39)/t18-,19?,23-,25+;18-,19+,23-,25+;16-,17-,21+,23-/m110/s1. The Bertz CT molecular complexity index is 5460. The molecule has 0 aliphatic carbocycles. The highest BCUT2D eigenvalue weighted by Crippen LogP contribution is 2.43. The van der Waals surface area contributed by atoms with Crippen LogP contribution in [0.2, 0.25) is 15.1 Å². The fourth-order valence-corrected chi connectivity index (χ4v) is 22.6. The van der Waals surface area contributed by atoms with Crippen LogP contribution in [0.15, 0.2) is 138 Å². The molecular formula is C88H101Cl3F3N21O15S3. The summed E-state index contributed by atoms with van der Waals surface area (Å²) in [7, 11) is 5.66. The van der Waals surface area contributed by atoms with Crippen molar-refractivity contribution in [3.63, 3.8) is 0 Å². The number of carboxylic acid groups (broad SMARTS) is 3. The molecule has 0 saturated carbocycles. The number of rotatable bonds is 23. The number of hydrogen-bond acceptors (Lipinski definition) is 30. The van der Waals surface area contributed by atoms with Gasteiger partial charge in [-0.3, -0.25) is 58.8 Å². The first-order chi connectivity index (χ1) is 63.7. The third kappa shape index (κ3) is 19.9. The molecule has 12 aliphatic heterocycles. The summed E-state index contributed by atoms with van der Waals surface area (Å²) in [5.41, 5.74) is 3.85. The van der Waals surface area contributed by atoms with Gasteiger partial charge in [0.05, 0.1) is 56.2 Å². The maximum Gasteiger partial charge on any atom is 0.338 e. The molecule has 0 bridgehead atoms. The third-order valence-electron chi connectivity index (χ3n) is 26.5. The van der Waals surface area contributed by atoms with E-state index in [0.717, 1.165) is 0 Å². The molecule has 708 valence electrons. The van der Waals surface area contributed by atoms with Crippen LogP contribution in [0.1, 0.15) is 96.8 Å². The number of carbonyl (C=O) groups excluding carboxylic acids is 6. The number of hydrogen-bond donors (Lipinski definition) is 6. The number of piperazine rings is 3. The van der Waals surface area contributed by atoms with Crippen LogP contribution in [0.5, 0.6) is 0 Å². The normalized spacial score (nSPS) is 26.1. The van der Waals surface area contributed by atoms with Crippen LogP contribution < -0.4 is 16.0 Å². The van der Waals surface area contributed by atoms with Crippen LogP contribution in [0.4, 0.5) is 27.6 Å². The van der Waals surface area contributed by atoms with Gasteiger partial charge in [-0.25, -0.2) is 56.9 Å². The van der Waals surface area contributed by atoms with Crippen LogP contribution in [0.3, 0.4) is 0 Å². The van der Waals surface area contributed by atoms with Crippen molar-refractivity contribution in [2.24, 2.45) is 15.0 Å². The lowest BCUT2D eigenvalue weighted by molar-refractivity contribution is -0.143. The Morgan fingerprint density at radius 2 is 0.714 bits per heavy atom. The number of aliphatic carboxylic acids is 3. The van der Waals surface area contributed by atoms with E-state index in [1.54, 1.807) is 30.5 Å². The summed E-state index contributed by atoms with van der Waals surface area (Å²) in [4.78, 5) is 167. The molecule has 15 heterocycles. The molecule has 6 amide bonds. The lowest BCUT2D eigenvalue weighted by Gasteiger charge is -2.38. The van der Waals surface area contributed by atoms with Crippen molar-refractivity contribution in [1.82, 2.24) is 89.7 Å². The summed E-state index contributed by atoms with van der Waals surface area (Å²) in [6, 6.07) is 6.68. The van der Waals surface area contributed by atoms with Crippen molar-refractivity contribution >= 4 is 140 Å². The molecule has 6 N–H and O–H groups in total. The maximum absolute atomic E-state index is 14.0. The molecule has 1 unspecified atom stereocenters. The van der Waals surface area contributed by atoms with Crippen molar-refractivity contribution in [2.45, 2.75) is 132 Å². The second kappa shape index (κ2) is 40.4. The largest absolute Gasteiger partial charge is 0.480 e. The third-order valence-corrected chi connectivity index (χ3v) is 29.8. The van der Waals surface area contributed by atoms with E-state index in [-0.39, 0.29) is 98.2 Å². The SMILES string of the molecule is COC(=O)C1=C(CN2CCN3C(=O)N([C@@H]4C[C@H](C(=O)O)N(C(C)C)C4)CC3C2)NC(c2nccs2)=N[C@H]1c1ccc(F)cc1Cl.COC(=O)C1=C(CN2CCN3C(=O)N([C@@H]4C[C@H](C(=O)O)N(C(C)C)C4)C[C@@H]3C2)NC(c2nccs2)=N[C@H]1c1ccc(F)cc1Cl.COC(=O)C1=C(CN2CCN3C(=O)N([C@H]4C[C@H](C(=O)O)N(C)C4)C[C@@H]3C2)NC(c2nccs2)=N[C@H]1c1ccc(F)cc1Cl. The first kappa shape index (κ1) is 95.4. The van der Waals surface area contributed by atoms with E-state index in [1.807, 2.05) is 83.0 Å². The summed E-state index contributed by atoms with van der Waals surface area (Å²) >= 11 is 23.6. The van der Waals surface area contributed by atoms with E-state index in [2.05, 4.69) is 45.6 Å². The van der Waals surface area contributed by atoms with Gasteiger partial charge in [0.2, 0.25) is 0 Å². The fourth-order valence-electron chi connectivity index (χ4n) is 20.1. The number of amidine groups is 3. The number of likely N-dealkylation sites (N-methyl/N-ethyl adjacent to an activating group) is 1. The average Bonchev–Trinajstić information content (AvgIpc) is 1.73. The number of esters is 3. The Hall–Kier alpha value is -10.8. The Kier molecular flexibility index (Phi) is 29.0. The number of nitrogens with zero attached hydrogens (tertiary/aromatic N) is 18. The second-order valence-electron chi connectivity index (χ2n) is 35.0. The molecule has 133 heavy (non-hydrogen) atoms. The molecule has 6 aromatic rings. The number of halogens is 6. The Labute approximate surface area is 790 Å². The van der Waals surface area contributed by atoms with Crippen molar-refractivity contribution in [2.75, 3.05) is 146 Å². The van der Waals surface area contributed by atoms with Crippen molar-refractivity contribution in [3.8, 4) is 0 Å². The van der Waals surface area contributed by atoms with Gasteiger partial charge >= 0.3 is 53.9 Å². The van der Waals surface area contributed by atoms with Crippen LogP contribution in [0.25, 0.3) is 0 Å². The van der Waals surface area contributed by atoms with E-state index in [4.69, 9.17) is 64.0 Å². The number of methoxy groups -OCH3 is 3. The highest BCUT2D eigenvalue weighted by Gasteiger charge is 2.53. The molecule has 9 saturated heterocycles. The summed E-state index contributed by atoms with van der Waals surface area (Å²) in [6.45, 7) is 16.7. The van der Waals surface area contributed by atoms with Gasteiger partial charge in [0.15, 0.2) is 32.5 Å². The van der Waals surface area contributed by atoms with E-state index in [1.165, 1.54) is 110 Å². The van der Waals surface area contributed by atoms with Gasteiger partial charge in [-0.05, 0) is 90.4 Å². The van der Waals surface area contributed by atoms with E-state index < -0.39 is 89.5 Å². The predicted molar refractivity (Wildman–Crippen MR) is 488 cm³/mol.